The number of benzene rings is 2. The Balaban J connectivity index is 1.53. The lowest BCUT2D eigenvalue weighted by Gasteiger charge is -2.13. The summed E-state index contributed by atoms with van der Waals surface area (Å²) in [6.45, 7) is 5.49. The molecule has 8 heteroatoms. The van der Waals surface area contributed by atoms with E-state index >= 15 is 0 Å². The molecule has 0 spiro atoms. The minimum absolute atomic E-state index is 0.0335. The summed E-state index contributed by atoms with van der Waals surface area (Å²) in [6.07, 6.45) is 1.99. The Morgan fingerprint density at radius 1 is 1.22 bits per heavy atom. The van der Waals surface area contributed by atoms with Gasteiger partial charge in [0.05, 0.1) is 12.6 Å². The highest BCUT2D eigenvalue weighted by atomic mass is 32.2. The fourth-order valence-electron chi connectivity index (χ4n) is 3.63. The van der Waals surface area contributed by atoms with Gasteiger partial charge in [-0.25, -0.2) is 9.07 Å². The Hall–Kier alpha value is -2.71. The molecule has 0 radical (unpaired) electrons. The van der Waals surface area contributed by atoms with E-state index in [1.807, 2.05) is 24.3 Å². The van der Waals surface area contributed by atoms with Crippen molar-refractivity contribution in [3.8, 4) is 0 Å². The van der Waals surface area contributed by atoms with Gasteiger partial charge in [-0.1, -0.05) is 31.2 Å². The van der Waals surface area contributed by atoms with E-state index in [0.717, 1.165) is 30.0 Å². The quantitative estimate of drug-likeness (QED) is 0.470. The van der Waals surface area contributed by atoms with Crippen LogP contribution in [0.2, 0.25) is 0 Å². The highest BCUT2D eigenvalue weighted by molar-refractivity contribution is 7.98. The van der Waals surface area contributed by atoms with Crippen LogP contribution in [0.3, 0.4) is 0 Å². The van der Waals surface area contributed by atoms with Crippen molar-refractivity contribution in [3.63, 3.8) is 0 Å². The van der Waals surface area contributed by atoms with Gasteiger partial charge in [0, 0.05) is 22.9 Å². The van der Waals surface area contributed by atoms with Crippen LogP contribution in [0.15, 0.2) is 53.4 Å². The van der Waals surface area contributed by atoms with Crippen molar-refractivity contribution >= 4 is 23.4 Å². The molecule has 3 aromatic rings. The summed E-state index contributed by atoms with van der Waals surface area (Å²) in [5.74, 6) is 0.346. The lowest BCUT2D eigenvalue weighted by molar-refractivity contribution is 0.0899. The average Bonchev–Trinajstić information content (AvgIpc) is 3.44. The predicted octanol–water partition coefficient (Wildman–Crippen LogP) is 5.26. The van der Waals surface area contributed by atoms with E-state index in [4.69, 9.17) is 4.74 Å². The Kier molecular flexibility index (Phi) is 7.22. The molecule has 1 unspecified atom stereocenters. The number of rotatable bonds is 8. The zero-order chi connectivity index (χ0) is 22.5. The third-order valence-corrected chi connectivity index (χ3v) is 6.47. The van der Waals surface area contributed by atoms with Crippen molar-refractivity contribution in [1.82, 2.24) is 15.0 Å². The van der Waals surface area contributed by atoms with Crippen LogP contribution in [-0.2, 0) is 17.0 Å². The molecule has 32 heavy (non-hydrogen) atoms. The monoisotopic (exact) mass is 454 g/mol. The van der Waals surface area contributed by atoms with Crippen molar-refractivity contribution in [2.24, 2.45) is 0 Å². The fourth-order valence-corrected chi connectivity index (χ4v) is 4.45. The van der Waals surface area contributed by atoms with Gasteiger partial charge in [-0.3, -0.25) is 4.79 Å². The van der Waals surface area contributed by atoms with Crippen LogP contribution in [0.25, 0.3) is 0 Å². The maximum absolute atomic E-state index is 13.3. The smallest absolute Gasteiger partial charge is 0.275 e. The molecule has 1 aliphatic heterocycles. The minimum atomic E-state index is -0.277. The fraction of sp³-hybridized carbons (Fsp3) is 0.375. The largest absolute Gasteiger partial charge is 0.376 e. The number of aromatic nitrogens is 3. The standard InChI is InChI=1S/C24H27FN4O2S/c1-16(2)17-5-9-19(10-6-17)26-24(30)23-22(15-32-21-11-7-18(25)8-12-21)27-28-29(23)14-20-4-3-13-31-20/h5-12,16,20H,3-4,13-15H2,1-2H3,(H,26,30). The summed E-state index contributed by atoms with van der Waals surface area (Å²) < 4.78 is 20.6. The molecular formula is C24H27FN4O2S. The van der Waals surface area contributed by atoms with Gasteiger partial charge in [-0.15, -0.1) is 16.9 Å². The molecule has 6 nitrogen and oxygen atoms in total. The average molecular weight is 455 g/mol. The summed E-state index contributed by atoms with van der Waals surface area (Å²) in [5.41, 5.74) is 2.96. The van der Waals surface area contributed by atoms with E-state index in [1.165, 1.54) is 29.5 Å². The molecule has 168 valence electrons. The van der Waals surface area contributed by atoms with Gasteiger partial charge in [0.25, 0.3) is 5.91 Å². The second-order valence-electron chi connectivity index (χ2n) is 8.18. The zero-order valence-electron chi connectivity index (χ0n) is 18.3. The van der Waals surface area contributed by atoms with Crippen molar-refractivity contribution < 1.29 is 13.9 Å². The molecule has 0 bridgehead atoms. The molecule has 1 fully saturated rings. The van der Waals surface area contributed by atoms with Crippen LogP contribution in [0, 0.1) is 5.82 Å². The van der Waals surface area contributed by atoms with Crippen LogP contribution in [0.5, 0.6) is 0 Å². The Bertz CT molecular complexity index is 1040. The molecule has 0 saturated carbocycles. The van der Waals surface area contributed by atoms with Gasteiger partial charge < -0.3 is 10.1 Å². The Morgan fingerprint density at radius 2 is 1.97 bits per heavy atom. The number of hydrogen-bond donors (Lipinski definition) is 1. The van der Waals surface area contributed by atoms with E-state index in [9.17, 15) is 9.18 Å². The number of thioether (sulfide) groups is 1. The number of anilines is 1. The van der Waals surface area contributed by atoms with Crippen LogP contribution in [0.4, 0.5) is 10.1 Å². The second kappa shape index (κ2) is 10.3. The summed E-state index contributed by atoms with van der Waals surface area (Å²) in [7, 11) is 0. The third-order valence-electron chi connectivity index (χ3n) is 5.44. The van der Waals surface area contributed by atoms with Crippen LogP contribution < -0.4 is 5.32 Å². The predicted molar refractivity (Wildman–Crippen MR) is 123 cm³/mol. The summed E-state index contributed by atoms with van der Waals surface area (Å²) in [4.78, 5) is 14.2. The van der Waals surface area contributed by atoms with E-state index in [0.29, 0.717) is 29.6 Å². The lowest BCUT2D eigenvalue weighted by atomic mass is 10.0. The molecule has 1 saturated heterocycles. The third kappa shape index (κ3) is 5.55. The molecule has 1 aromatic heterocycles. The van der Waals surface area contributed by atoms with Crippen LogP contribution >= 0.6 is 11.8 Å². The first-order chi connectivity index (χ1) is 15.5. The van der Waals surface area contributed by atoms with E-state index < -0.39 is 0 Å². The first-order valence-electron chi connectivity index (χ1n) is 10.8. The summed E-state index contributed by atoms with van der Waals surface area (Å²) in [5, 5.41) is 11.5. The van der Waals surface area contributed by atoms with Gasteiger partial charge >= 0.3 is 0 Å². The van der Waals surface area contributed by atoms with Crippen molar-refractivity contribution in [2.45, 2.75) is 55.9 Å². The zero-order valence-corrected chi connectivity index (χ0v) is 19.1. The minimum Gasteiger partial charge on any atom is -0.376 e. The lowest BCUT2D eigenvalue weighted by Crippen LogP contribution is -2.24. The molecule has 2 aromatic carbocycles. The van der Waals surface area contributed by atoms with Crippen LogP contribution in [0.1, 0.15) is 54.4 Å². The first-order valence-corrected chi connectivity index (χ1v) is 11.8. The number of amides is 1. The van der Waals surface area contributed by atoms with Crippen molar-refractivity contribution in [1.29, 1.82) is 0 Å². The molecule has 0 aliphatic carbocycles. The molecule has 1 aliphatic rings. The van der Waals surface area contributed by atoms with E-state index in [2.05, 4.69) is 29.5 Å². The number of halogens is 1. The number of carbonyl (C=O) groups is 1. The molecule has 4 rings (SSSR count). The second-order valence-corrected chi connectivity index (χ2v) is 9.22. The molecule has 1 atom stereocenters. The number of carbonyl (C=O) groups excluding carboxylic acids is 1. The Labute approximate surface area is 191 Å². The molecule has 2 heterocycles. The van der Waals surface area contributed by atoms with Crippen molar-refractivity contribution in [3.05, 3.63) is 71.3 Å². The van der Waals surface area contributed by atoms with E-state index in [-0.39, 0.29) is 17.8 Å². The van der Waals surface area contributed by atoms with Gasteiger partial charge in [-0.05, 0) is 60.7 Å². The highest BCUT2D eigenvalue weighted by Crippen LogP contribution is 2.25. The highest BCUT2D eigenvalue weighted by Gasteiger charge is 2.24. The Morgan fingerprint density at radius 3 is 2.62 bits per heavy atom. The number of ether oxygens (including phenoxy) is 1. The maximum atomic E-state index is 13.3. The number of nitrogens with one attached hydrogen (secondary N) is 1. The number of hydrogen-bond acceptors (Lipinski definition) is 5. The van der Waals surface area contributed by atoms with Gasteiger partial charge in [0.1, 0.15) is 11.5 Å². The topological polar surface area (TPSA) is 69.0 Å². The number of nitrogens with zero attached hydrogens (tertiary/aromatic N) is 3. The van der Waals surface area contributed by atoms with Crippen molar-refractivity contribution in [2.75, 3.05) is 11.9 Å². The van der Waals surface area contributed by atoms with Gasteiger partial charge in [0.15, 0.2) is 5.69 Å². The SMILES string of the molecule is CC(C)c1ccc(NC(=O)c2c(CSc3ccc(F)cc3)nnn2CC2CCCO2)cc1. The maximum Gasteiger partial charge on any atom is 0.275 e. The van der Waals surface area contributed by atoms with Gasteiger partial charge in [0.2, 0.25) is 0 Å². The van der Waals surface area contributed by atoms with E-state index in [1.54, 1.807) is 16.8 Å². The first kappa shape index (κ1) is 22.5. The molecule has 1 N–H and O–H groups in total. The van der Waals surface area contributed by atoms with Gasteiger partial charge in [-0.2, -0.15) is 0 Å². The molecule has 1 amide bonds. The normalized spacial score (nSPS) is 15.9. The summed E-state index contributed by atoms with van der Waals surface area (Å²) >= 11 is 1.49. The molecular weight excluding hydrogens is 427 g/mol. The van der Waals surface area contributed by atoms with Crippen LogP contribution in [-0.4, -0.2) is 33.6 Å². The summed E-state index contributed by atoms with van der Waals surface area (Å²) in [6, 6.07) is 14.1.